The van der Waals surface area contributed by atoms with Crippen LogP contribution in [0.25, 0.3) is 11.0 Å². The van der Waals surface area contributed by atoms with Gasteiger partial charge >= 0.3 is 12.1 Å². The van der Waals surface area contributed by atoms with Gasteiger partial charge in [-0.1, -0.05) is 18.2 Å². The van der Waals surface area contributed by atoms with E-state index in [-0.39, 0.29) is 23.3 Å². The number of H-pyrrole nitrogens is 1. The summed E-state index contributed by atoms with van der Waals surface area (Å²) < 4.78 is 56.9. The van der Waals surface area contributed by atoms with Crippen LogP contribution in [0.5, 0.6) is 0 Å². The molecule has 4 aromatic rings. The zero-order valence-electron chi connectivity index (χ0n) is 18.6. The lowest BCUT2D eigenvalue weighted by molar-refractivity contribution is -0.140. The molecule has 1 amide bonds. The van der Waals surface area contributed by atoms with E-state index in [1.54, 1.807) is 24.3 Å². The number of alkyl halides is 3. The Balaban J connectivity index is 1.45. The molecular weight excluding hydrogens is 484 g/mol. The van der Waals surface area contributed by atoms with E-state index in [1.165, 1.54) is 7.11 Å². The monoisotopic (exact) mass is 502 g/mol. The first kappa shape index (κ1) is 24.6. The van der Waals surface area contributed by atoms with Crippen molar-refractivity contribution >= 4 is 28.7 Å². The second-order valence-electron chi connectivity index (χ2n) is 7.55. The third-order valence-corrected chi connectivity index (χ3v) is 5.19. The number of aromatic amines is 1. The molecule has 9 nitrogen and oxygen atoms in total. The van der Waals surface area contributed by atoms with Gasteiger partial charge in [-0.3, -0.25) is 9.89 Å². The van der Waals surface area contributed by atoms with Crippen molar-refractivity contribution in [2.24, 2.45) is 0 Å². The maximum atomic E-state index is 13.5. The lowest BCUT2D eigenvalue weighted by Gasteiger charge is -2.11. The van der Waals surface area contributed by atoms with Crippen LogP contribution in [0.15, 0.2) is 48.8 Å². The van der Waals surface area contributed by atoms with Crippen molar-refractivity contribution in [2.75, 3.05) is 12.4 Å². The Morgan fingerprint density at radius 1 is 1.03 bits per heavy atom. The first-order valence-electron chi connectivity index (χ1n) is 10.4. The van der Waals surface area contributed by atoms with Gasteiger partial charge in [-0.25, -0.2) is 19.2 Å². The molecule has 4 rings (SSSR count). The second-order valence-corrected chi connectivity index (χ2v) is 7.55. The average molecular weight is 502 g/mol. The van der Waals surface area contributed by atoms with Gasteiger partial charge in [0.15, 0.2) is 11.5 Å². The Morgan fingerprint density at radius 3 is 2.44 bits per heavy atom. The van der Waals surface area contributed by atoms with E-state index >= 15 is 0 Å². The molecule has 186 valence electrons. The molecule has 2 aromatic carbocycles. The van der Waals surface area contributed by atoms with Crippen LogP contribution in [-0.4, -0.2) is 39.2 Å². The summed E-state index contributed by atoms with van der Waals surface area (Å²) in [6.45, 7) is 0.0492. The van der Waals surface area contributed by atoms with Gasteiger partial charge in [0.2, 0.25) is 0 Å². The summed E-state index contributed by atoms with van der Waals surface area (Å²) in [5.41, 5.74) is 0.362. The zero-order chi connectivity index (χ0) is 25.9. The van der Waals surface area contributed by atoms with Gasteiger partial charge in [0.05, 0.1) is 18.2 Å². The van der Waals surface area contributed by atoms with E-state index in [9.17, 15) is 27.2 Å². The minimum absolute atomic E-state index is 0.0626. The van der Waals surface area contributed by atoms with E-state index < -0.39 is 29.4 Å². The topological polar surface area (TPSA) is 122 Å². The minimum atomic E-state index is -4.86. The Bertz CT molecular complexity index is 1420. The number of methoxy groups -OCH3 is 1. The molecule has 0 radical (unpaired) electrons. The normalized spacial score (nSPS) is 11.4. The number of nitrogens with one attached hydrogen (secondary N) is 3. The smallest absolute Gasteiger partial charge is 0.419 e. The molecule has 0 aliphatic rings. The van der Waals surface area contributed by atoms with Crippen LogP contribution in [0, 0.1) is 5.82 Å². The van der Waals surface area contributed by atoms with Crippen molar-refractivity contribution in [3.63, 3.8) is 0 Å². The number of hydrogen-bond donors (Lipinski definition) is 3. The van der Waals surface area contributed by atoms with Crippen LogP contribution in [0.4, 0.5) is 23.4 Å². The number of ether oxygens (including phenoxy) is 1. The molecule has 0 bridgehead atoms. The zero-order valence-corrected chi connectivity index (χ0v) is 18.6. The van der Waals surface area contributed by atoms with Crippen molar-refractivity contribution in [1.82, 2.24) is 25.5 Å². The van der Waals surface area contributed by atoms with E-state index in [2.05, 4.69) is 35.5 Å². The van der Waals surface area contributed by atoms with E-state index in [1.807, 2.05) is 0 Å². The highest BCUT2D eigenvalue weighted by Gasteiger charge is 2.34. The van der Waals surface area contributed by atoms with Gasteiger partial charge in [0.1, 0.15) is 23.2 Å². The number of carbonyl (C=O) groups is 2. The highest BCUT2D eigenvalue weighted by atomic mass is 19.4. The summed E-state index contributed by atoms with van der Waals surface area (Å²) in [7, 11) is 1.29. The molecule has 13 heteroatoms. The number of hydrogen-bond acceptors (Lipinski definition) is 7. The summed E-state index contributed by atoms with van der Waals surface area (Å²) in [5.74, 6) is -2.19. The maximum Gasteiger partial charge on any atom is 0.419 e. The number of nitrogens with zero attached hydrogens (tertiary/aromatic N) is 3. The number of aromatic nitrogens is 4. The molecule has 0 aliphatic carbocycles. The van der Waals surface area contributed by atoms with Crippen LogP contribution in [0.3, 0.4) is 0 Å². The first-order chi connectivity index (χ1) is 17.2. The quantitative estimate of drug-likeness (QED) is 0.259. The van der Waals surface area contributed by atoms with E-state index in [0.717, 1.165) is 18.0 Å². The maximum absolute atomic E-state index is 13.5. The average Bonchev–Trinajstić information content (AvgIpc) is 3.29. The molecule has 0 saturated carbocycles. The van der Waals surface area contributed by atoms with Crippen LogP contribution >= 0.6 is 0 Å². The number of carbonyl (C=O) groups excluding carboxylic acids is 2. The SMILES string of the molecule is COC(=O)c1ccc(CNc2n[nH]c3c(C(=O)NCc4ccc(F)c(C(F)(F)F)c4)ncnc23)cc1. The lowest BCUT2D eigenvalue weighted by atomic mass is 10.1. The van der Waals surface area contributed by atoms with Crippen molar-refractivity contribution in [3.8, 4) is 0 Å². The Morgan fingerprint density at radius 2 is 1.75 bits per heavy atom. The Labute approximate surface area is 200 Å². The van der Waals surface area contributed by atoms with Crippen molar-refractivity contribution in [2.45, 2.75) is 19.3 Å². The summed E-state index contributed by atoms with van der Waals surface area (Å²) in [5, 5.41) is 12.3. The number of anilines is 1. The van der Waals surface area contributed by atoms with E-state index in [0.29, 0.717) is 35.6 Å². The predicted octanol–water partition coefficient (Wildman–Crippen LogP) is 3.84. The van der Waals surface area contributed by atoms with Crippen LogP contribution in [0.2, 0.25) is 0 Å². The number of halogens is 4. The van der Waals surface area contributed by atoms with E-state index in [4.69, 9.17) is 0 Å². The summed E-state index contributed by atoms with van der Waals surface area (Å²) in [6, 6.07) is 9.20. The van der Waals surface area contributed by atoms with Crippen molar-refractivity contribution < 1.29 is 31.9 Å². The molecule has 36 heavy (non-hydrogen) atoms. The largest absolute Gasteiger partial charge is 0.465 e. The van der Waals surface area contributed by atoms with Crippen LogP contribution < -0.4 is 10.6 Å². The Kier molecular flexibility index (Phi) is 6.81. The predicted molar refractivity (Wildman–Crippen MR) is 119 cm³/mol. The van der Waals surface area contributed by atoms with Gasteiger partial charge in [-0.2, -0.15) is 18.3 Å². The molecule has 0 aliphatic heterocycles. The molecule has 2 aromatic heterocycles. The van der Waals surface area contributed by atoms with Crippen LogP contribution in [-0.2, 0) is 24.0 Å². The molecule has 0 spiro atoms. The third kappa shape index (κ3) is 5.24. The summed E-state index contributed by atoms with van der Waals surface area (Å²) in [6.07, 6.45) is -3.70. The molecule has 0 atom stereocenters. The number of esters is 1. The molecule has 3 N–H and O–H groups in total. The standard InChI is InChI=1S/C23H18F4N6O3/c1-36-22(35)14-5-2-12(3-6-14)9-28-20-18-17(32-33-20)19(31-11-30-18)21(34)29-10-13-4-7-16(24)15(8-13)23(25,26)27/h2-8,11H,9-10H2,1H3,(H,29,34)(H2,28,32,33). The summed E-state index contributed by atoms with van der Waals surface area (Å²) >= 11 is 0. The third-order valence-electron chi connectivity index (χ3n) is 5.19. The molecular formula is C23H18F4N6O3. The minimum Gasteiger partial charge on any atom is -0.465 e. The number of fused-ring (bicyclic) bond motifs is 1. The number of amides is 1. The molecule has 0 unspecified atom stereocenters. The van der Waals surface area contributed by atoms with Crippen molar-refractivity contribution in [3.05, 3.63) is 82.6 Å². The highest BCUT2D eigenvalue weighted by molar-refractivity contribution is 6.04. The highest BCUT2D eigenvalue weighted by Crippen LogP contribution is 2.32. The first-order valence-corrected chi connectivity index (χ1v) is 10.4. The number of benzene rings is 2. The fraction of sp³-hybridized carbons (Fsp3) is 0.174. The van der Waals surface area contributed by atoms with Gasteiger partial charge in [0.25, 0.3) is 5.91 Å². The fourth-order valence-corrected chi connectivity index (χ4v) is 3.36. The second kappa shape index (κ2) is 9.98. The van der Waals surface area contributed by atoms with Gasteiger partial charge < -0.3 is 15.4 Å². The molecule has 0 fully saturated rings. The van der Waals surface area contributed by atoms with Gasteiger partial charge in [0, 0.05) is 13.1 Å². The molecule has 0 saturated heterocycles. The van der Waals surface area contributed by atoms with Gasteiger partial charge in [-0.15, -0.1) is 0 Å². The van der Waals surface area contributed by atoms with Gasteiger partial charge in [-0.05, 0) is 35.4 Å². The number of rotatable bonds is 7. The lowest BCUT2D eigenvalue weighted by Crippen LogP contribution is -2.24. The van der Waals surface area contributed by atoms with Crippen LogP contribution in [0.1, 0.15) is 37.5 Å². The van der Waals surface area contributed by atoms with Crippen molar-refractivity contribution in [1.29, 1.82) is 0 Å². The molecule has 2 heterocycles. The fourth-order valence-electron chi connectivity index (χ4n) is 3.36. The Hall–Kier alpha value is -4.55. The summed E-state index contributed by atoms with van der Waals surface area (Å²) in [4.78, 5) is 32.3.